The van der Waals surface area contributed by atoms with E-state index < -0.39 is 0 Å². The zero-order valence-electron chi connectivity index (χ0n) is 55.7. The minimum absolute atomic E-state index is 0. The molecule has 1 aromatic rings. The standard InChI is InChI=1S/C32H50.C16H26.C16H20.C4H8O.C4H10O.CBrN.Li/c1-15-17(3)23(9)31-27(19(5)25(11)29(31)21(15)7)13-14-28-20(6)26(12)30-22(8)16(2)18(4)24(10)32(28)30;2*1-8-9(2)12(5)16-14(7)10(3)13(6)15(16)11(8)4;1-2-4-5-3-1;1-3-5-4-2;2-1-3;/h19-20,25-32H,13-14H2,1-12H3;10,13-16H,1-7H3;6H2,1-5,7H3;1-4H2;3-4H2,1-2H3;;/q;;;;;;+1. The Bertz CT molecular complexity index is 2480. The van der Waals surface area contributed by atoms with Crippen LogP contribution in [0.4, 0.5) is 0 Å². The second-order valence-corrected chi connectivity index (χ2v) is 26.4. The summed E-state index contributed by atoms with van der Waals surface area (Å²) >= 11 is 2.45. The summed E-state index contributed by atoms with van der Waals surface area (Å²) in [5, 5.41) is 7.24. The first kappa shape index (κ1) is 69.9. The van der Waals surface area contributed by atoms with Gasteiger partial charge in [0.05, 0.1) is 0 Å². The summed E-state index contributed by atoms with van der Waals surface area (Å²) < 4.78 is 9.78. The van der Waals surface area contributed by atoms with Crippen molar-refractivity contribution in [3.8, 4) is 4.98 Å². The van der Waals surface area contributed by atoms with Crippen molar-refractivity contribution in [2.75, 3.05) is 26.4 Å². The van der Waals surface area contributed by atoms with Crippen molar-refractivity contribution in [2.45, 2.75) is 213 Å². The van der Waals surface area contributed by atoms with Gasteiger partial charge in [-0.3, -0.25) is 0 Å². The number of ether oxygens (including phenoxy) is 2. The average Bonchev–Trinajstić information content (AvgIpc) is 4.22. The van der Waals surface area contributed by atoms with Gasteiger partial charge >= 0.3 is 18.9 Å². The Labute approximate surface area is 502 Å². The van der Waals surface area contributed by atoms with E-state index in [2.05, 4.69) is 196 Å². The van der Waals surface area contributed by atoms with Crippen molar-refractivity contribution < 1.29 is 28.3 Å². The summed E-state index contributed by atoms with van der Waals surface area (Å²) in [5.74, 6) is 12.3. The van der Waals surface area contributed by atoms with Crippen molar-refractivity contribution in [3.05, 3.63) is 112 Å². The molecule has 14 unspecified atom stereocenters. The Morgan fingerprint density at radius 1 is 0.423 bits per heavy atom. The summed E-state index contributed by atoms with van der Waals surface area (Å²) in [7, 11) is 0. The van der Waals surface area contributed by atoms with Gasteiger partial charge in [0.2, 0.25) is 0 Å². The molecule has 430 valence electrons. The van der Waals surface area contributed by atoms with Crippen molar-refractivity contribution in [1.29, 1.82) is 5.26 Å². The van der Waals surface area contributed by atoms with Crippen LogP contribution in [0.3, 0.4) is 0 Å². The van der Waals surface area contributed by atoms with Crippen LogP contribution in [0.5, 0.6) is 0 Å². The molecule has 1 saturated heterocycles. The number of hydrogen-bond acceptors (Lipinski definition) is 3. The molecule has 9 rings (SSSR count). The first-order chi connectivity index (χ1) is 36.0. The van der Waals surface area contributed by atoms with Crippen LogP contribution in [-0.2, 0) is 9.47 Å². The molecule has 0 bridgehead atoms. The van der Waals surface area contributed by atoms with Gasteiger partial charge in [0.25, 0.3) is 0 Å². The van der Waals surface area contributed by atoms with Crippen LogP contribution in [0, 0.1) is 127 Å². The van der Waals surface area contributed by atoms with Gasteiger partial charge in [-0.15, -0.1) is 0 Å². The minimum Gasteiger partial charge on any atom is -0.382 e. The van der Waals surface area contributed by atoms with E-state index in [-0.39, 0.29) is 18.9 Å². The van der Waals surface area contributed by atoms with Crippen molar-refractivity contribution in [2.24, 2.45) is 88.8 Å². The van der Waals surface area contributed by atoms with E-state index in [4.69, 9.17) is 14.7 Å². The fourth-order valence-corrected chi connectivity index (χ4v) is 16.9. The second-order valence-electron chi connectivity index (χ2n) is 26.1. The predicted molar refractivity (Wildman–Crippen MR) is 341 cm³/mol. The number of nitriles is 1. The van der Waals surface area contributed by atoms with Crippen molar-refractivity contribution >= 4 is 27.1 Å². The predicted octanol–water partition coefficient (Wildman–Crippen LogP) is 18.7. The number of nitrogens with zero attached hydrogens (tertiary/aromatic N) is 1. The summed E-state index contributed by atoms with van der Waals surface area (Å²) in [4.78, 5) is 1.56. The number of hydrogen-bond donors (Lipinski definition) is 0. The van der Waals surface area contributed by atoms with Crippen LogP contribution in [0.1, 0.15) is 218 Å². The second kappa shape index (κ2) is 29.7. The minimum atomic E-state index is 0. The monoisotopic (exact) mass is 1120 g/mol. The van der Waals surface area contributed by atoms with E-state index >= 15 is 0 Å². The molecule has 5 heteroatoms. The summed E-state index contributed by atoms with van der Waals surface area (Å²) in [5.41, 5.74) is 32.1. The van der Waals surface area contributed by atoms with Crippen LogP contribution in [0.15, 0.2) is 79.0 Å². The molecule has 7 aliphatic carbocycles. The molecular weight excluding hydrogens is 1010 g/mol. The molecule has 78 heavy (non-hydrogen) atoms. The fourth-order valence-electron chi connectivity index (χ4n) is 16.9. The molecular formula is C73H114BrLiNO2+. The zero-order chi connectivity index (χ0) is 58.6. The third kappa shape index (κ3) is 13.5. The van der Waals surface area contributed by atoms with E-state index in [1.54, 1.807) is 71.9 Å². The van der Waals surface area contributed by atoms with Gasteiger partial charge in [0, 0.05) is 42.4 Å². The van der Waals surface area contributed by atoms with Gasteiger partial charge in [-0.2, -0.15) is 5.26 Å². The van der Waals surface area contributed by atoms with Crippen LogP contribution < -0.4 is 18.9 Å². The van der Waals surface area contributed by atoms with Crippen molar-refractivity contribution in [1.82, 2.24) is 0 Å². The molecule has 3 saturated carbocycles. The van der Waals surface area contributed by atoms with Gasteiger partial charge in [0.1, 0.15) is 4.98 Å². The SMILES string of the molecule is C1CCOC1.C=C1C(C)=C(C)c2c(C)c(C)c(C)c(C)c21.CC1=C(C)C2C(C)C(C)C(C)C2C(C)=C1C.CC1=C(C)C2C(C)C(C)C(CCC3C(C)C(C)C4C(C)=C(C)C(C)=C(C)C34)C2C(C)=C1C.CCOCC.N#CBr.[Li+]. The van der Waals surface area contributed by atoms with Gasteiger partial charge in [-0.05, 0) is 336 Å². The first-order valence-electron chi connectivity index (χ1n) is 30.7. The molecule has 14 atom stereocenters. The Kier molecular flexibility index (Phi) is 26.7. The number of fused-ring (bicyclic) bond motifs is 4. The maximum absolute atomic E-state index is 7.24. The van der Waals surface area contributed by atoms with E-state index in [1.165, 1.54) is 75.8 Å². The van der Waals surface area contributed by atoms with Gasteiger partial charge in [-0.1, -0.05) is 88.5 Å². The zero-order valence-corrected chi connectivity index (χ0v) is 57.3. The maximum atomic E-state index is 7.24. The summed E-state index contributed by atoms with van der Waals surface area (Å²) in [6, 6.07) is 0. The maximum Gasteiger partial charge on any atom is 1.00 e. The molecule has 0 aromatic heterocycles. The van der Waals surface area contributed by atoms with Crippen LogP contribution >= 0.6 is 15.9 Å². The molecule has 1 heterocycles. The molecule has 0 radical (unpaired) electrons. The van der Waals surface area contributed by atoms with E-state index in [1.807, 2.05) is 13.8 Å². The molecule has 4 fully saturated rings. The van der Waals surface area contributed by atoms with E-state index in [0.29, 0.717) is 0 Å². The summed E-state index contributed by atoms with van der Waals surface area (Å²) in [6.45, 7) is 71.5. The van der Waals surface area contributed by atoms with Gasteiger partial charge < -0.3 is 9.47 Å². The molecule has 0 spiro atoms. The van der Waals surface area contributed by atoms with Crippen LogP contribution in [0.25, 0.3) is 11.1 Å². The first-order valence-corrected chi connectivity index (χ1v) is 31.5. The third-order valence-corrected chi connectivity index (χ3v) is 23.7. The molecule has 1 aromatic carbocycles. The molecule has 8 aliphatic rings. The van der Waals surface area contributed by atoms with Gasteiger partial charge in [-0.25, -0.2) is 0 Å². The van der Waals surface area contributed by atoms with E-state index in [9.17, 15) is 0 Å². The summed E-state index contributed by atoms with van der Waals surface area (Å²) in [6.07, 6.45) is 5.39. The number of halogens is 1. The van der Waals surface area contributed by atoms with Crippen LogP contribution in [0.2, 0.25) is 0 Å². The largest absolute Gasteiger partial charge is 1.00 e. The molecule has 3 nitrogen and oxygen atoms in total. The fraction of sp³-hybridized carbons (Fsp3) is 0.685. The topological polar surface area (TPSA) is 42.2 Å². The van der Waals surface area contributed by atoms with Crippen LogP contribution in [-0.4, -0.2) is 26.4 Å². The number of benzene rings is 1. The number of allylic oxidation sites excluding steroid dienone is 15. The molecule has 0 N–H and O–H groups in total. The number of rotatable bonds is 5. The Balaban J connectivity index is 0.000000292. The Morgan fingerprint density at radius 3 is 0.962 bits per heavy atom. The average molecular weight is 1120 g/mol. The Hall–Kier alpha value is -2.37. The quantitative estimate of drug-likeness (QED) is 0.276. The third-order valence-electron chi connectivity index (χ3n) is 23.7. The van der Waals surface area contributed by atoms with Crippen molar-refractivity contribution in [3.63, 3.8) is 0 Å². The smallest absolute Gasteiger partial charge is 0.382 e. The molecule has 0 amide bonds. The normalized spacial score (nSPS) is 32.6. The Morgan fingerprint density at radius 2 is 0.692 bits per heavy atom. The van der Waals surface area contributed by atoms with E-state index in [0.717, 1.165) is 115 Å². The van der Waals surface area contributed by atoms with Gasteiger partial charge in [0.15, 0.2) is 0 Å². The molecule has 1 aliphatic heterocycles.